The van der Waals surface area contributed by atoms with E-state index in [0.717, 1.165) is 0 Å². The van der Waals surface area contributed by atoms with Crippen molar-refractivity contribution in [2.45, 2.75) is 0 Å². The molecule has 0 aromatic rings. The summed E-state index contributed by atoms with van der Waals surface area (Å²) in [7, 11) is 0. The molecule has 0 aromatic carbocycles. The molecule has 0 radical (unpaired) electrons. The average molecular weight is 195 g/mol. The maximum atomic E-state index is 6.58. The zero-order valence-electron chi connectivity index (χ0n) is 3.37. The summed E-state index contributed by atoms with van der Waals surface area (Å²) in [5, 5.41) is 6.58. The number of rotatable bonds is 0. The first-order chi connectivity index (χ1) is 2.93. The summed E-state index contributed by atoms with van der Waals surface area (Å²) in [4.78, 5) is 0. The molecule has 1 aliphatic rings. The molecule has 0 aliphatic carbocycles. The molecule has 0 spiro atoms. The Labute approximate surface area is 43.7 Å². The molecule has 1 aliphatic heterocycles. The van der Waals surface area contributed by atoms with E-state index in [9.17, 15) is 0 Å². The maximum Gasteiger partial charge on any atom is 0.0645 e. The fourth-order valence-electron chi connectivity index (χ4n) is 0.222. The normalized spacial score (nSPS) is 19.3. The number of hydrogen-bond acceptors (Lipinski definition) is 1. The van der Waals surface area contributed by atoms with Gasteiger partial charge in [0.15, 0.2) is 0 Å². The highest BCUT2D eigenvalue weighted by atomic mass is 127. The lowest BCUT2D eigenvalue weighted by Gasteiger charge is -1.51. The monoisotopic (exact) mass is 195 g/mol. The molecule has 0 aromatic heterocycles. The summed E-state index contributed by atoms with van der Waals surface area (Å²) >= 11 is -0.550. The third-order valence-electron chi connectivity index (χ3n) is 0.587. The Bertz CT molecular complexity index is 129. The minimum absolute atomic E-state index is 0.550. The lowest BCUT2D eigenvalue weighted by molar-refractivity contribution is 1.59. The van der Waals surface area contributed by atoms with Gasteiger partial charge < -0.3 is 0 Å². The molecule has 1 fully saturated rings. The Morgan fingerprint density at radius 3 is 2.50 bits per heavy atom. The first kappa shape index (κ1) is 4.34. The fraction of sp³-hybridized carbons (Fsp3) is 0.500. The first-order valence-electron chi connectivity index (χ1n) is 1.80. The van der Waals surface area contributed by atoms with Crippen molar-refractivity contribution in [1.29, 1.82) is 5.41 Å². The van der Waals surface area contributed by atoms with E-state index in [4.69, 9.17) is 5.41 Å². The molecule has 1 N–H and O–H groups in total. The smallest absolute Gasteiger partial charge is 0.0645 e. The van der Waals surface area contributed by atoms with Crippen LogP contribution in [0.5, 0.6) is 0 Å². The molecule has 34 valence electrons. The third-order valence-corrected chi connectivity index (χ3v) is 3.94. The van der Waals surface area contributed by atoms with Gasteiger partial charge in [0.05, 0.1) is 6.21 Å². The van der Waals surface area contributed by atoms with Crippen LogP contribution in [0, 0.1) is 9.22 Å². The van der Waals surface area contributed by atoms with Gasteiger partial charge in [0, 0.05) is 8.86 Å². The van der Waals surface area contributed by atoms with Crippen LogP contribution in [0.3, 0.4) is 0 Å². The predicted octanol–water partition coefficient (Wildman–Crippen LogP) is 1.12. The van der Waals surface area contributed by atoms with Gasteiger partial charge in [-0.25, -0.2) is 0 Å². The van der Waals surface area contributed by atoms with Gasteiger partial charge in [-0.1, -0.05) is 3.81 Å². The van der Waals surface area contributed by atoms with Crippen molar-refractivity contribution in [2.24, 2.45) is 0 Å². The summed E-state index contributed by atoms with van der Waals surface area (Å²) in [5.74, 6) is 0. The molecule has 1 nitrogen and oxygen atoms in total. The van der Waals surface area contributed by atoms with Crippen LogP contribution in [0.1, 0.15) is 0 Å². The fourth-order valence-corrected chi connectivity index (χ4v) is 2.86. The quantitative estimate of drug-likeness (QED) is 0.340. The average Bonchev–Trinajstić information content (AvgIpc) is 2.21. The molecule has 0 bridgehead atoms. The van der Waals surface area contributed by atoms with E-state index in [1.165, 1.54) is 15.1 Å². The highest BCUT2D eigenvalue weighted by Crippen LogP contribution is 2.35. The van der Waals surface area contributed by atoms with Crippen LogP contribution in [0.4, 0.5) is 0 Å². The highest BCUT2D eigenvalue weighted by Gasteiger charge is 2.03. The van der Waals surface area contributed by atoms with Gasteiger partial charge in [-0.2, -0.15) is 0 Å². The van der Waals surface area contributed by atoms with Gasteiger partial charge >= 0.3 is 0 Å². The molecule has 0 amide bonds. The zero-order chi connectivity index (χ0) is 4.41. The predicted molar refractivity (Wildman–Crippen MR) is 36.4 cm³/mol. The largest absolute Gasteiger partial charge is 0.300 e. The van der Waals surface area contributed by atoms with Crippen molar-refractivity contribution >= 4 is 25.4 Å². The van der Waals surface area contributed by atoms with E-state index in [1.807, 2.05) is 0 Å². The van der Waals surface area contributed by atoms with E-state index in [1.54, 1.807) is 0 Å². The van der Waals surface area contributed by atoms with Gasteiger partial charge in [-0.05, 0) is 0 Å². The van der Waals surface area contributed by atoms with Gasteiger partial charge in [-0.15, -0.1) is 19.1 Å². The van der Waals surface area contributed by atoms with Crippen LogP contribution in [0.15, 0.2) is 0 Å². The topological polar surface area (TPSA) is 23.9 Å². The second-order valence-electron chi connectivity index (χ2n) is 1.09. The molecule has 6 heavy (non-hydrogen) atoms. The van der Waals surface area contributed by atoms with Crippen molar-refractivity contribution in [2.75, 3.05) is 8.86 Å². The molecular formula is C4H6IN. The van der Waals surface area contributed by atoms with E-state index in [2.05, 4.69) is 3.81 Å². The summed E-state index contributed by atoms with van der Waals surface area (Å²) in [6.45, 7) is 0. The van der Waals surface area contributed by atoms with E-state index in [-0.39, 0.29) is 0 Å². The van der Waals surface area contributed by atoms with Crippen LogP contribution < -0.4 is 0 Å². The minimum Gasteiger partial charge on any atom is -0.300 e. The SMILES string of the molecule is N=CC#I1CC1. The Hall–Kier alpha value is 0.180. The zero-order valence-corrected chi connectivity index (χ0v) is 5.53. The molecule has 0 atom stereocenters. The second kappa shape index (κ2) is 1.76. The molecule has 0 unspecified atom stereocenters. The van der Waals surface area contributed by atoms with Crippen molar-refractivity contribution in [3.63, 3.8) is 0 Å². The molecule has 1 rings (SSSR count). The van der Waals surface area contributed by atoms with E-state index >= 15 is 0 Å². The van der Waals surface area contributed by atoms with Gasteiger partial charge in [0.2, 0.25) is 0 Å². The Kier molecular flexibility index (Phi) is 1.27. The van der Waals surface area contributed by atoms with Crippen LogP contribution in [-0.4, -0.2) is 15.1 Å². The first-order valence-corrected chi connectivity index (χ1v) is 5.93. The number of alkyl halides is 2. The maximum absolute atomic E-state index is 6.58. The van der Waals surface area contributed by atoms with Crippen LogP contribution in [0.25, 0.3) is 0 Å². The molecule has 0 saturated carbocycles. The standard InChI is InChI=1S/C4H6IN/c6-4-3-5-1-2-5/h4,6H,1-2H2. The molecule has 2 heteroatoms. The lowest BCUT2D eigenvalue weighted by atomic mass is 10.9. The molecule has 1 saturated heterocycles. The van der Waals surface area contributed by atoms with E-state index in [0.29, 0.717) is 0 Å². The second-order valence-corrected chi connectivity index (χ2v) is 6.47. The van der Waals surface area contributed by atoms with Crippen molar-refractivity contribution in [1.82, 2.24) is 0 Å². The van der Waals surface area contributed by atoms with Crippen LogP contribution in [-0.2, 0) is 0 Å². The summed E-state index contributed by atoms with van der Waals surface area (Å²) < 4.78 is 5.85. The third kappa shape index (κ3) is 1.11. The summed E-state index contributed by atoms with van der Waals surface area (Å²) in [6, 6.07) is 0. The summed E-state index contributed by atoms with van der Waals surface area (Å²) in [5.41, 5.74) is 0. The Balaban J connectivity index is 2.60. The van der Waals surface area contributed by atoms with Gasteiger partial charge in [0.1, 0.15) is 0 Å². The Morgan fingerprint density at radius 2 is 2.33 bits per heavy atom. The molecule has 1 heterocycles. The van der Waals surface area contributed by atoms with Gasteiger partial charge in [-0.3, -0.25) is 5.41 Å². The van der Waals surface area contributed by atoms with E-state index < -0.39 is 19.1 Å². The summed E-state index contributed by atoms with van der Waals surface area (Å²) in [6.07, 6.45) is 1.33. The van der Waals surface area contributed by atoms with Gasteiger partial charge in [0.25, 0.3) is 0 Å². The van der Waals surface area contributed by atoms with Crippen molar-refractivity contribution in [3.8, 4) is 3.81 Å². The van der Waals surface area contributed by atoms with Crippen LogP contribution in [0.2, 0.25) is 0 Å². The van der Waals surface area contributed by atoms with Crippen LogP contribution >= 0.6 is 19.1 Å². The number of halogens is 1. The molecular weight excluding hydrogens is 189 g/mol. The number of nitrogens with one attached hydrogen (secondary N) is 1. The minimum atomic E-state index is -0.550. The van der Waals surface area contributed by atoms with Crippen molar-refractivity contribution in [3.05, 3.63) is 0 Å². The highest BCUT2D eigenvalue weighted by molar-refractivity contribution is 14.2. The van der Waals surface area contributed by atoms with Crippen molar-refractivity contribution < 1.29 is 0 Å². The number of hydrogen-bond donors (Lipinski definition) is 1. The Morgan fingerprint density at radius 1 is 1.67 bits per heavy atom. The lowest BCUT2D eigenvalue weighted by Crippen LogP contribution is -1.44.